The molecule has 0 aliphatic carbocycles. The lowest BCUT2D eigenvalue weighted by Crippen LogP contribution is -2.27. The van der Waals surface area contributed by atoms with E-state index in [1.807, 2.05) is 43.7 Å². The van der Waals surface area contributed by atoms with Gasteiger partial charge in [-0.1, -0.05) is 0 Å². The molecule has 178 valence electrons. The topological polar surface area (TPSA) is 128 Å². The number of thiophene rings is 1. The van der Waals surface area contributed by atoms with Gasteiger partial charge in [0.05, 0.1) is 47.0 Å². The van der Waals surface area contributed by atoms with Gasteiger partial charge in [0.1, 0.15) is 11.2 Å². The molecule has 36 heavy (non-hydrogen) atoms. The van der Waals surface area contributed by atoms with Gasteiger partial charge in [-0.05, 0) is 43.7 Å². The summed E-state index contributed by atoms with van der Waals surface area (Å²) in [6, 6.07) is 7.75. The predicted octanol–water partition coefficient (Wildman–Crippen LogP) is 4.19. The Morgan fingerprint density at radius 2 is 1.97 bits per heavy atom. The number of anilines is 1. The van der Waals surface area contributed by atoms with E-state index in [1.165, 1.54) is 0 Å². The molecule has 0 saturated heterocycles. The number of carbonyl (C=O) groups is 1. The molecule has 0 spiro atoms. The molecule has 0 aliphatic rings. The number of H-pyrrole nitrogens is 2. The van der Waals surface area contributed by atoms with Gasteiger partial charge < -0.3 is 15.2 Å². The minimum atomic E-state index is -0.110. The van der Waals surface area contributed by atoms with Crippen molar-refractivity contribution in [3.63, 3.8) is 0 Å². The zero-order chi connectivity index (χ0) is 24.6. The largest absolute Gasteiger partial charge is 0.336 e. The maximum atomic E-state index is 12.2. The minimum absolute atomic E-state index is 0.110. The van der Waals surface area contributed by atoms with Crippen molar-refractivity contribution >= 4 is 44.9 Å². The van der Waals surface area contributed by atoms with Crippen LogP contribution in [-0.2, 0) is 4.79 Å². The third-order valence-corrected chi connectivity index (χ3v) is 6.33. The van der Waals surface area contributed by atoms with E-state index in [0.29, 0.717) is 22.9 Å². The summed E-state index contributed by atoms with van der Waals surface area (Å²) >= 11 is 1.62. The molecule has 0 aromatic carbocycles. The highest BCUT2D eigenvalue weighted by Crippen LogP contribution is 2.32. The van der Waals surface area contributed by atoms with Gasteiger partial charge in [0.2, 0.25) is 5.91 Å². The maximum Gasteiger partial charge on any atom is 0.238 e. The molecule has 0 atom stereocenters. The number of hydrogen-bond acceptors (Lipinski definition) is 8. The summed E-state index contributed by atoms with van der Waals surface area (Å²) in [6.45, 7) is 0.286. The van der Waals surface area contributed by atoms with Gasteiger partial charge in [0.15, 0.2) is 5.82 Å². The molecule has 11 heteroatoms. The van der Waals surface area contributed by atoms with Crippen LogP contribution < -0.4 is 5.32 Å². The fourth-order valence-electron chi connectivity index (χ4n) is 4.05. The van der Waals surface area contributed by atoms with Crippen molar-refractivity contribution in [3.8, 4) is 34.0 Å². The molecule has 0 radical (unpaired) electrons. The van der Waals surface area contributed by atoms with Gasteiger partial charge in [0.25, 0.3) is 0 Å². The Morgan fingerprint density at radius 1 is 1.06 bits per heavy atom. The SMILES string of the molecule is CN(C)CC(=O)Nc1cncc(-c2cc3c(-c4nc5c(-c6ccsc6)nccc5[nH]4)n[nH]c3cn2)c1. The second-order valence-corrected chi connectivity index (χ2v) is 9.37. The summed E-state index contributed by atoms with van der Waals surface area (Å²) in [5.41, 5.74) is 7.11. The molecule has 6 rings (SSSR count). The average molecular weight is 496 g/mol. The Balaban J connectivity index is 1.38. The molecule has 1 amide bonds. The summed E-state index contributed by atoms with van der Waals surface area (Å²) in [4.78, 5) is 35.6. The molecule has 0 saturated carbocycles. The summed E-state index contributed by atoms with van der Waals surface area (Å²) < 4.78 is 0. The molecule has 6 heterocycles. The molecule has 0 unspecified atom stereocenters. The van der Waals surface area contributed by atoms with E-state index in [2.05, 4.69) is 40.8 Å². The highest BCUT2D eigenvalue weighted by Gasteiger charge is 2.17. The van der Waals surface area contributed by atoms with E-state index in [4.69, 9.17) is 4.98 Å². The van der Waals surface area contributed by atoms with Crippen LogP contribution >= 0.6 is 11.3 Å². The van der Waals surface area contributed by atoms with E-state index in [-0.39, 0.29) is 12.5 Å². The van der Waals surface area contributed by atoms with Crippen LogP contribution in [0, 0.1) is 0 Å². The number of pyridine rings is 3. The summed E-state index contributed by atoms with van der Waals surface area (Å²) in [6.07, 6.45) is 6.85. The highest BCUT2D eigenvalue weighted by atomic mass is 32.1. The Hall–Kier alpha value is -4.48. The van der Waals surface area contributed by atoms with Crippen LogP contribution in [0.25, 0.3) is 56.0 Å². The quantitative estimate of drug-likeness (QED) is 0.316. The molecule has 0 bridgehead atoms. The molecule has 10 nitrogen and oxygen atoms in total. The second-order valence-electron chi connectivity index (χ2n) is 8.59. The van der Waals surface area contributed by atoms with Crippen LogP contribution in [0.3, 0.4) is 0 Å². The van der Waals surface area contributed by atoms with Gasteiger partial charge in [0, 0.05) is 34.3 Å². The Bertz CT molecular complexity index is 1700. The van der Waals surface area contributed by atoms with Crippen molar-refractivity contribution in [2.75, 3.05) is 26.0 Å². The zero-order valence-corrected chi connectivity index (χ0v) is 20.3. The number of hydrogen-bond donors (Lipinski definition) is 3. The van der Waals surface area contributed by atoms with Gasteiger partial charge in [-0.15, -0.1) is 0 Å². The van der Waals surface area contributed by atoms with Crippen LogP contribution in [0.15, 0.2) is 59.8 Å². The van der Waals surface area contributed by atoms with Gasteiger partial charge in [-0.2, -0.15) is 16.4 Å². The number of fused-ring (bicyclic) bond motifs is 2. The van der Waals surface area contributed by atoms with Crippen molar-refractivity contribution in [2.24, 2.45) is 0 Å². The third kappa shape index (κ3) is 4.10. The van der Waals surface area contributed by atoms with Crippen LogP contribution in [0.5, 0.6) is 0 Å². The van der Waals surface area contributed by atoms with E-state index in [1.54, 1.807) is 41.0 Å². The summed E-state index contributed by atoms with van der Waals surface area (Å²) in [5, 5.41) is 15.4. The standard InChI is InChI=1S/C25H21N9OS/c1-34(2)12-21(35)29-16-7-15(9-26-10-16)19-8-17-20(11-28-19)32-33-23(17)25-30-18-3-5-27-22(24(18)31-25)14-4-6-36-13-14/h3-11,13H,12H2,1-2H3,(H,29,35)(H,30,31)(H,32,33). The van der Waals surface area contributed by atoms with Crippen LogP contribution in [-0.4, -0.2) is 66.6 Å². The number of nitrogens with zero attached hydrogens (tertiary/aromatic N) is 6. The number of amides is 1. The van der Waals surface area contributed by atoms with Crippen molar-refractivity contribution in [1.82, 2.24) is 40.0 Å². The first-order chi connectivity index (χ1) is 17.5. The third-order valence-electron chi connectivity index (χ3n) is 5.64. The molecule has 0 fully saturated rings. The van der Waals surface area contributed by atoms with Crippen molar-refractivity contribution < 1.29 is 4.79 Å². The molecule has 3 N–H and O–H groups in total. The van der Waals surface area contributed by atoms with E-state index in [0.717, 1.165) is 38.8 Å². The monoisotopic (exact) mass is 495 g/mol. The summed E-state index contributed by atoms with van der Waals surface area (Å²) in [5.74, 6) is 0.529. The zero-order valence-electron chi connectivity index (χ0n) is 19.5. The van der Waals surface area contributed by atoms with E-state index in [9.17, 15) is 4.79 Å². The van der Waals surface area contributed by atoms with Crippen molar-refractivity contribution in [1.29, 1.82) is 0 Å². The number of rotatable bonds is 6. The minimum Gasteiger partial charge on any atom is -0.336 e. The number of carbonyl (C=O) groups excluding carboxylic acids is 1. The lowest BCUT2D eigenvalue weighted by atomic mass is 10.1. The normalized spacial score (nSPS) is 11.5. The molecular formula is C25H21N9OS. The number of imidazole rings is 1. The van der Waals surface area contributed by atoms with E-state index >= 15 is 0 Å². The Kier molecular flexibility index (Phi) is 5.47. The first-order valence-corrected chi connectivity index (χ1v) is 12.1. The van der Waals surface area contributed by atoms with Crippen molar-refractivity contribution in [3.05, 3.63) is 59.8 Å². The molecule has 0 aliphatic heterocycles. The maximum absolute atomic E-state index is 12.2. The average Bonchev–Trinajstić information content (AvgIpc) is 3.62. The number of aromatic nitrogens is 7. The van der Waals surface area contributed by atoms with Crippen molar-refractivity contribution in [2.45, 2.75) is 0 Å². The highest BCUT2D eigenvalue weighted by molar-refractivity contribution is 7.08. The number of nitrogens with one attached hydrogen (secondary N) is 3. The first kappa shape index (κ1) is 22.0. The van der Waals surface area contributed by atoms with Crippen LogP contribution in [0.2, 0.25) is 0 Å². The van der Waals surface area contributed by atoms with Gasteiger partial charge >= 0.3 is 0 Å². The van der Waals surface area contributed by atoms with Crippen LogP contribution in [0.1, 0.15) is 0 Å². The Morgan fingerprint density at radius 3 is 2.81 bits per heavy atom. The lowest BCUT2D eigenvalue weighted by molar-refractivity contribution is -0.116. The van der Waals surface area contributed by atoms with Gasteiger partial charge in [-0.25, -0.2) is 4.98 Å². The molecular weight excluding hydrogens is 474 g/mol. The van der Waals surface area contributed by atoms with Crippen LogP contribution in [0.4, 0.5) is 5.69 Å². The Labute approximate surface area is 209 Å². The smallest absolute Gasteiger partial charge is 0.238 e. The number of likely N-dealkylation sites (N-methyl/N-ethyl adjacent to an activating group) is 1. The first-order valence-electron chi connectivity index (χ1n) is 11.2. The fourth-order valence-corrected chi connectivity index (χ4v) is 4.69. The molecule has 6 aromatic heterocycles. The fraction of sp³-hybridized carbons (Fsp3) is 0.120. The lowest BCUT2D eigenvalue weighted by Gasteiger charge is -2.10. The molecule has 6 aromatic rings. The predicted molar refractivity (Wildman–Crippen MR) is 140 cm³/mol. The second kappa shape index (κ2) is 8.95. The summed E-state index contributed by atoms with van der Waals surface area (Å²) in [7, 11) is 3.69. The van der Waals surface area contributed by atoms with Gasteiger partial charge in [-0.3, -0.25) is 24.8 Å². The van der Waals surface area contributed by atoms with E-state index < -0.39 is 0 Å². The number of aromatic amines is 2.